The number of imidazole rings is 1. The number of halogens is 1. The molecule has 1 aliphatic heterocycles. The molecule has 2 aromatic carbocycles. The number of aliphatic carboxylic acids is 1. The van der Waals surface area contributed by atoms with Crippen molar-refractivity contribution in [2.24, 2.45) is 5.92 Å². The zero-order valence-electron chi connectivity index (χ0n) is 20.7. The summed E-state index contributed by atoms with van der Waals surface area (Å²) in [5, 5.41) is 10.5. The molecule has 1 saturated carbocycles. The molecule has 1 aliphatic carbocycles. The zero-order chi connectivity index (χ0) is 25.4. The van der Waals surface area contributed by atoms with Crippen LogP contribution < -0.4 is 0 Å². The number of aromatic nitrogens is 2. The zero-order valence-corrected chi connectivity index (χ0v) is 21.5. The summed E-state index contributed by atoms with van der Waals surface area (Å²) < 4.78 is 7.28. The molecular formula is C28H32ClN3O4. The number of carboxylic acids is 1. The lowest BCUT2D eigenvalue weighted by atomic mass is 9.81. The predicted molar refractivity (Wildman–Crippen MR) is 138 cm³/mol. The van der Waals surface area contributed by atoms with Gasteiger partial charge in [0.15, 0.2) is 0 Å². The number of ether oxygens (including phenoxy) is 1. The van der Waals surface area contributed by atoms with E-state index in [1.807, 2.05) is 18.2 Å². The minimum atomic E-state index is -0.724. The van der Waals surface area contributed by atoms with Gasteiger partial charge in [0.1, 0.15) is 5.82 Å². The number of carbonyl (C=O) groups excluding carboxylic acids is 1. The maximum Gasteiger partial charge on any atom is 0.409 e. The van der Waals surface area contributed by atoms with Gasteiger partial charge in [0.05, 0.1) is 30.6 Å². The van der Waals surface area contributed by atoms with E-state index in [0.29, 0.717) is 25.9 Å². The smallest absolute Gasteiger partial charge is 0.409 e. The number of carbonyl (C=O) groups is 2. The van der Waals surface area contributed by atoms with Crippen LogP contribution in [0.3, 0.4) is 0 Å². The molecule has 1 N–H and O–H groups in total. The van der Waals surface area contributed by atoms with Crippen LogP contribution in [0.25, 0.3) is 11.0 Å². The monoisotopic (exact) mass is 509 g/mol. The van der Waals surface area contributed by atoms with Crippen molar-refractivity contribution in [3.63, 3.8) is 0 Å². The molecular weight excluding hydrogens is 478 g/mol. The Kier molecular flexibility index (Phi) is 6.93. The van der Waals surface area contributed by atoms with Crippen LogP contribution in [-0.2, 0) is 28.9 Å². The van der Waals surface area contributed by atoms with Gasteiger partial charge in [-0.05, 0) is 62.3 Å². The third-order valence-electron chi connectivity index (χ3n) is 7.83. The van der Waals surface area contributed by atoms with Crippen molar-refractivity contribution in [2.45, 2.75) is 64.0 Å². The van der Waals surface area contributed by atoms with Gasteiger partial charge in [0.2, 0.25) is 0 Å². The average Bonchev–Trinajstić information content (AvgIpc) is 3.29. The van der Waals surface area contributed by atoms with Gasteiger partial charge in [-0.2, -0.15) is 0 Å². The van der Waals surface area contributed by atoms with Crippen LogP contribution >= 0.6 is 11.6 Å². The van der Waals surface area contributed by atoms with Gasteiger partial charge < -0.3 is 19.3 Å². The molecule has 1 fully saturated rings. The van der Waals surface area contributed by atoms with Gasteiger partial charge in [-0.25, -0.2) is 9.78 Å². The maximum absolute atomic E-state index is 12.3. The quantitative estimate of drug-likeness (QED) is 0.457. The summed E-state index contributed by atoms with van der Waals surface area (Å²) >= 11 is 6.51. The van der Waals surface area contributed by atoms with Crippen LogP contribution in [0, 0.1) is 5.92 Å². The van der Waals surface area contributed by atoms with Gasteiger partial charge >= 0.3 is 12.1 Å². The summed E-state index contributed by atoms with van der Waals surface area (Å²) in [5.41, 5.74) is 5.25. The second-order valence-electron chi connectivity index (χ2n) is 10.1. The van der Waals surface area contributed by atoms with E-state index in [4.69, 9.17) is 21.3 Å². The first-order chi connectivity index (χ1) is 17.4. The standard InChI is InChI=1S/C28H32ClN3O4/c1-17(14-19-6-3-4-9-23(19)29)32-24-11-10-18-12-13-31(28(35)36-2)16-22(18)25(24)30-26(32)20-7-5-8-21(15-20)27(33)34/h3-4,6,9-11,17,20-21H,5,7-8,12-16H2,1-2H3,(H,33,34)/t17-,20+,21+/m1/s1. The number of hydrogen-bond donors (Lipinski definition) is 1. The molecule has 3 atom stereocenters. The van der Waals surface area contributed by atoms with Crippen molar-refractivity contribution in [2.75, 3.05) is 13.7 Å². The second-order valence-corrected chi connectivity index (χ2v) is 10.5. The highest BCUT2D eigenvalue weighted by atomic mass is 35.5. The molecule has 36 heavy (non-hydrogen) atoms. The minimum absolute atomic E-state index is 0.0634. The molecule has 3 aromatic rings. The summed E-state index contributed by atoms with van der Waals surface area (Å²) in [4.78, 5) is 31.0. The summed E-state index contributed by atoms with van der Waals surface area (Å²) in [7, 11) is 1.41. The first-order valence-electron chi connectivity index (χ1n) is 12.7. The third-order valence-corrected chi connectivity index (χ3v) is 8.20. The number of carboxylic acid groups (broad SMARTS) is 1. The molecule has 8 heteroatoms. The highest BCUT2D eigenvalue weighted by Crippen LogP contribution is 2.40. The predicted octanol–water partition coefficient (Wildman–Crippen LogP) is 5.98. The molecule has 0 unspecified atom stereocenters. The largest absolute Gasteiger partial charge is 0.481 e. The summed E-state index contributed by atoms with van der Waals surface area (Å²) in [6.45, 7) is 3.24. The van der Waals surface area contributed by atoms with Crippen LogP contribution in [-0.4, -0.2) is 45.3 Å². The fourth-order valence-corrected chi connectivity index (χ4v) is 6.18. The fourth-order valence-electron chi connectivity index (χ4n) is 5.97. The van der Waals surface area contributed by atoms with Crippen molar-refractivity contribution in [1.82, 2.24) is 14.5 Å². The Morgan fingerprint density at radius 3 is 2.78 bits per heavy atom. The van der Waals surface area contributed by atoms with E-state index in [1.165, 1.54) is 12.7 Å². The van der Waals surface area contributed by atoms with Crippen LogP contribution in [0.2, 0.25) is 5.02 Å². The lowest BCUT2D eigenvalue weighted by Crippen LogP contribution is -2.35. The van der Waals surface area contributed by atoms with Crippen LogP contribution in [0.15, 0.2) is 36.4 Å². The van der Waals surface area contributed by atoms with E-state index in [0.717, 1.165) is 58.7 Å². The Labute approximate surface area is 216 Å². The molecule has 2 heterocycles. The van der Waals surface area contributed by atoms with Gasteiger partial charge in [0.25, 0.3) is 0 Å². The molecule has 7 nitrogen and oxygen atoms in total. The van der Waals surface area contributed by atoms with E-state index >= 15 is 0 Å². The Bertz CT molecular complexity index is 1300. The molecule has 190 valence electrons. The number of nitrogens with zero attached hydrogens (tertiary/aromatic N) is 3. The van der Waals surface area contributed by atoms with Crippen molar-refractivity contribution in [3.8, 4) is 0 Å². The molecule has 0 saturated heterocycles. The number of fused-ring (bicyclic) bond motifs is 3. The van der Waals surface area contributed by atoms with Crippen molar-refractivity contribution >= 4 is 34.7 Å². The van der Waals surface area contributed by atoms with Crippen LogP contribution in [0.1, 0.15) is 67.1 Å². The molecule has 0 radical (unpaired) electrons. The van der Waals surface area contributed by atoms with Crippen molar-refractivity contribution in [1.29, 1.82) is 0 Å². The molecule has 0 spiro atoms. The Hall–Kier alpha value is -3.06. The normalized spacial score (nSPS) is 20.7. The average molecular weight is 510 g/mol. The lowest BCUT2D eigenvalue weighted by molar-refractivity contribution is -0.143. The summed E-state index contributed by atoms with van der Waals surface area (Å²) in [6.07, 6.45) is 4.25. The first-order valence-corrected chi connectivity index (χ1v) is 13.1. The molecule has 1 amide bonds. The highest BCUT2D eigenvalue weighted by molar-refractivity contribution is 6.31. The Balaban J connectivity index is 1.61. The van der Waals surface area contributed by atoms with Gasteiger partial charge in [0, 0.05) is 29.1 Å². The van der Waals surface area contributed by atoms with E-state index in [-0.39, 0.29) is 24.0 Å². The first kappa shape index (κ1) is 24.6. The summed E-state index contributed by atoms with van der Waals surface area (Å²) in [5.74, 6) is -0.0619. The van der Waals surface area contributed by atoms with Gasteiger partial charge in [-0.3, -0.25) is 4.79 Å². The molecule has 2 aliphatic rings. The minimum Gasteiger partial charge on any atom is -0.481 e. The summed E-state index contributed by atoms with van der Waals surface area (Å²) in [6, 6.07) is 12.2. The number of benzene rings is 2. The number of methoxy groups -OCH3 is 1. The van der Waals surface area contributed by atoms with E-state index < -0.39 is 5.97 Å². The van der Waals surface area contributed by atoms with Crippen molar-refractivity contribution < 1.29 is 19.4 Å². The second kappa shape index (κ2) is 10.1. The number of hydrogen-bond acceptors (Lipinski definition) is 4. The fraction of sp³-hybridized carbons (Fsp3) is 0.464. The van der Waals surface area contributed by atoms with E-state index in [1.54, 1.807) is 4.90 Å². The highest BCUT2D eigenvalue weighted by Gasteiger charge is 2.33. The molecule has 0 bridgehead atoms. The third kappa shape index (κ3) is 4.57. The van der Waals surface area contributed by atoms with Gasteiger partial charge in [-0.15, -0.1) is 0 Å². The van der Waals surface area contributed by atoms with Crippen LogP contribution in [0.4, 0.5) is 4.79 Å². The number of rotatable bonds is 5. The Morgan fingerprint density at radius 1 is 1.22 bits per heavy atom. The van der Waals surface area contributed by atoms with Gasteiger partial charge in [-0.1, -0.05) is 42.3 Å². The van der Waals surface area contributed by atoms with E-state index in [2.05, 4.69) is 29.7 Å². The lowest BCUT2D eigenvalue weighted by Gasteiger charge is -2.29. The molecule has 5 rings (SSSR count). The SMILES string of the molecule is COC(=O)N1CCc2ccc3c(nc([C@H]4CCC[C@H](C(=O)O)C4)n3[C@H](C)Cc3ccccc3Cl)c2C1. The molecule has 1 aromatic heterocycles. The number of amides is 1. The van der Waals surface area contributed by atoms with E-state index in [9.17, 15) is 14.7 Å². The topological polar surface area (TPSA) is 84.7 Å². The van der Waals surface area contributed by atoms with Crippen molar-refractivity contribution in [3.05, 3.63) is 63.9 Å². The maximum atomic E-state index is 12.3. The Morgan fingerprint density at radius 2 is 2.03 bits per heavy atom. The van der Waals surface area contributed by atoms with Crippen LogP contribution in [0.5, 0.6) is 0 Å².